The van der Waals surface area contributed by atoms with Crippen LogP contribution < -0.4 is 5.32 Å². The Morgan fingerprint density at radius 3 is 3.00 bits per heavy atom. The highest BCUT2D eigenvalue weighted by Crippen LogP contribution is 2.19. The molecule has 0 radical (unpaired) electrons. The standard InChI is InChI=1S/C7H12N4.ClH/c1-2-6(4-8-3-1)7-5-9-11-10-7;/h5-6,8H,1-4H2,(H,9,10,11);1H/t6-;/m1./s1. The van der Waals surface area contributed by atoms with Gasteiger partial charge >= 0.3 is 0 Å². The van der Waals surface area contributed by atoms with E-state index in [1.807, 2.05) is 6.20 Å². The average Bonchev–Trinajstić information content (AvgIpc) is 2.58. The fourth-order valence-electron chi connectivity index (χ4n) is 1.51. The van der Waals surface area contributed by atoms with Crippen molar-refractivity contribution in [3.8, 4) is 0 Å². The molecule has 0 aromatic carbocycles. The molecule has 4 nitrogen and oxygen atoms in total. The van der Waals surface area contributed by atoms with Crippen molar-refractivity contribution in [3.05, 3.63) is 11.9 Å². The molecule has 1 fully saturated rings. The van der Waals surface area contributed by atoms with E-state index in [9.17, 15) is 0 Å². The topological polar surface area (TPSA) is 53.6 Å². The van der Waals surface area contributed by atoms with Gasteiger partial charge in [-0.3, -0.25) is 0 Å². The number of halogens is 1. The summed E-state index contributed by atoms with van der Waals surface area (Å²) in [5, 5.41) is 13.8. The summed E-state index contributed by atoms with van der Waals surface area (Å²) in [4.78, 5) is 0. The average molecular weight is 189 g/mol. The number of hydrogen-bond donors (Lipinski definition) is 2. The number of rotatable bonds is 1. The lowest BCUT2D eigenvalue weighted by molar-refractivity contribution is 0.454. The van der Waals surface area contributed by atoms with Crippen LogP contribution in [0.2, 0.25) is 0 Å². The monoisotopic (exact) mass is 188 g/mol. The highest BCUT2D eigenvalue weighted by molar-refractivity contribution is 5.85. The number of piperidine rings is 1. The van der Waals surface area contributed by atoms with Crippen LogP contribution in [0.5, 0.6) is 0 Å². The zero-order valence-electron chi connectivity index (χ0n) is 6.79. The van der Waals surface area contributed by atoms with E-state index in [0.29, 0.717) is 5.92 Å². The third-order valence-corrected chi connectivity index (χ3v) is 2.15. The Labute approximate surface area is 77.5 Å². The number of H-pyrrole nitrogens is 1. The van der Waals surface area contributed by atoms with Gasteiger partial charge in [0.05, 0.1) is 11.9 Å². The van der Waals surface area contributed by atoms with E-state index in [4.69, 9.17) is 0 Å². The number of aromatic nitrogens is 3. The second kappa shape index (κ2) is 4.42. The van der Waals surface area contributed by atoms with Crippen molar-refractivity contribution in [2.24, 2.45) is 0 Å². The highest BCUT2D eigenvalue weighted by Gasteiger charge is 2.16. The van der Waals surface area contributed by atoms with Crippen LogP contribution in [-0.2, 0) is 0 Å². The van der Waals surface area contributed by atoms with Crippen molar-refractivity contribution in [1.82, 2.24) is 20.7 Å². The van der Waals surface area contributed by atoms with Crippen molar-refractivity contribution in [1.29, 1.82) is 0 Å². The van der Waals surface area contributed by atoms with Crippen LogP contribution in [0.25, 0.3) is 0 Å². The van der Waals surface area contributed by atoms with Gasteiger partial charge in [-0.2, -0.15) is 15.4 Å². The SMILES string of the molecule is Cl.c1n[nH]nc1[C@@H]1CCCNC1. The highest BCUT2D eigenvalue weighted by atomic mass is 35.5. The fourth-order valence-corrected chi connectivity index (χ4v) is 1.51. The zero-order valence-corrected chi connectivity index (χ0v) is 7.60. The van der Waals surface area contributed by atoms with Crippen LogP contribution in [0.4, 0.5) is 0 Å². The Kier molecular flexibility index (Phi) is 3.49. The first-order valence-electron chi connectivity index (χ1n) is 4.03. The molecule has 1 aliphatic rings. The first-order chi connectivity index (χ1) is 5.47. The van der Waals surface area contributed by atoms with Crippen LogP contribution in [0.15, 0.2) is 6.20 Å². The van der Waals surface area contributed by atoms with Crippen LogP contribution in [0.3, 0.4) is 0 Å². The maximum absolute atomic E-state index is 4.06. The third kappa shape index (κ3) is 1.95. The number of nitrogens with one attached hydrogen (secondary N) is 2. The summed E-state index contributed by atoms with van der Waals surface area (Å²) in [6, 6.07) is 0. The molecular weight excluding hydrogens is 176 g/mol. The second-order valence-corrected chi connectivity index (χ2v) is 2.94. The Bertz CT molecular complexity index is 205. The Hall–Kier alpha value is -0.610. The smallest absolute Gasteiger partial charge is 0.0868 e. The van der Waals surface area contributed by atoms with E-state index in [-0.39, 0.29) is 12.4 Å². The van der Waals surface area contributed by atoms with E-state index >= 15 is 0 Å². The third-order valence-electron chi connectivity index (χ3n) is 2.15. The van der Waals surface area contributed by atoms with Gasteiger partial charge in [-0.15, -0.1) is 12.4 Å². The van der Waals surface area contributed by atoms with Gasteiger partial charge in [0.25, 0.3) is 0 Å². The number of aromatic amines is 1. The largest absolute Gasteiger partial charge is 0.316 e. The molecule has 0 unspecified atom stereocenters. The van der Waals surface area contributed by atoms with Crippen molar-refractivity contribution in [2.45, 2.75) is 18.8 Å². The van der Waals surface area contributed by atoms with Gasteiger partial charge in [0, 0.05) is 12.5 Å². The number of hydrogen-bond acceptors (Lipinski definition) is 3. The van der Waals surface area contributed by atoms with Gasteiger partial charge in [0.2, 0.25) is 0 Å². The molecule has 2 rings (SSSR count). The molecule has 2 N–H and O–H groups in total. The van der Waals surface area contributed by atoms with Crippen molar-refractivity contribution in [3.63, 3.8) is 0 Å². The Balaban J connectivity index is 0.000000720. The van der Waals surface area contributed by atoms with Gasteiger partial charge in [0.1, 0.15) is 0 Å². The van der Waals surface area contributed by atoms with Crippen LogP contribution in [0, 0.1) is 0 Å². The molecule has 0 bridgehead atoms. The molecular formula is C7H13ClN4. The second-order valence-electron chi connectivity index (χ2n) is 2.94. The summed E-state index contributed by atoms with van der Waals surface area (Å²) in [6.07, 6.45) is 4.30. The van der Waals surface area contributed by atoms with E-state index in [2.05, 4.69) is 20.7 Å². The van der Waals surface area contributed by atoms with Gasteiger partial charge in [-0.05, 0) is 19.4 Å². The maximum Gasteiger partial charge on any atom is 0.0868 e. The molecule has 0 aliphatic carbocycles. The van der Waals surface area contributed by atoms with Crippen LogP contribution in [0.1, 0.15) is 24.5 Å². The van der Waals surface area contributed by atoms with E-state index < -0.39 is 0 Å². The minimum atomic E-state index is 0. The summed E-state index contributed by atoms with van der Waals surface area (Å²) in [5.41, 5.74) is 1.09. The predicted octanol–water partition coefficient (Wildman–Crippen LogP) is 0.694. The maximum atomic E-state index is 4.06. The molecule has 12 heavy (non-hydrogen) atoms. The summed E-state index contributed by atoms with van der Waals surface area (Å²) in [5.74, 6) is 0.572. The predicted molar refractivity (Wildman–Crippen MR) is 48.5 cm³/mol. The normalized spacial score (nSPS) is 23.2. The lowest BCUT2D eigenvalue weighted by atomic mass is 9.97. The molecule has 0 spiro atoms. The fraction of sp³-hybridized carbons (Fsp3) is 0.714. The molecule has 1 aliphatic heterocycles. The molecule has 1 aromatic rings. The summed E-state index contributed by atoms with van der Waals surface area (Å²) >= 11 is 0. The van der Waals surface area contributed by atoms with Gasteiger partial charge < -0.3 is 5.32 Å². The first-order valence-corrected chi connectivity index (χ1v) is 4.03. The molecule has 2 heterocycles. The number of nitrogens with zero attached hydrogens (tertiary/aromatic N) is 2. The Morgan fingerprint density at radius 2 is 2.42 bits per heavy atom. The van der Waals surface area contributed by atoms with Gasteiger partial charge in [-0.25, -0.2) is 0 Å². The van der Waals surface area contributed by atoms with Crippen LogP contribution in [-0.4, -0.2) is 28.5 Å². The van der Waals surface area contributed by atoms with Gasteiger partial charge in [-0.1, -0.05) is 0 Å². The zero-order chi connectivity index (χ0) is 7.52. The lowest BCUT2D eigenvalue weighted by Crippen LogP contribution is -2.28. The van der Waals surface area contributed by atoms with E-state index in [1.54, 1.807) is 0 Å². The minimum Gasteiger partial charge on any atom is -0.316 e. The van der Waals surface area contributed by atoms with Crippen molar-refractivity contribution < 1.29 is 0 Å². The summed E-state index contributed by atoms with van der Waals surface area (Å²) in [6.45, 7) is 2.20. The molecule has 68 valence electrons. The quantitative estimate of drug-likeness (QED) is 0.682. The molecule has 1 atom stereocenters. The molecule has 1 saturated heterocycles. The summed E-state index contributed by atoms with van der Waals surface area (Å²) < 4.78 is 0. The molecule has 5 heteroatoms. The van der Waals surface area contributed by atoms with Crippen LogP contribution >= 0.6 is 12.4 Å². The summed E-state index contributed by atoms with van der Waals surface area (Å²) in [7, 11) is 0. The van der Waals surface area contributed by atoms with E-state index in [0.717, 1.165) is 18.8 Å². The Morgan fingerprint density at radius 1 is 1.50 bits per heavy atom. The van der Waals surface area contributed by atoms with Crippen molar-refractivity contribution in [2.75, 3.05) is 13.1 Å². The van der Waals surface area contributed by atoms with Gasteiger partial charge in [0.15, 0.2) is 0 Å². The molecule has 0 amide bonds. The lowest BCUT2D eigenvalue weighted by Gasteiger charge is -2.20. The van der Waals surface area contributed by atoms with Crippen molar-refractivity contribution >= 4 is 12.4 Å². The van der Waals surface area contributed by atoms with E-state index in [1.165, 1.54) is 12.8 Å². The molecule has 0 saturated carbocycles. The first kappa shape index (κ1) is 9.48. The molecule has 1 aromatic heterocycles. The minimum absolute atomic E-state index is 0.